The summed E-state index contributed by atoms with van der Waals surface area (Å²) in [5.74, 6) is 0. The molecule has 0 aromatic heterocycles. The van der Waals surface area contributed by atoms with Gasteiger partial charge in [-0.15, -0.1) is 0 Å². The molecule has 1 rings (SSSR count). The summed E-state index contributed by atoms with van der Waals surface area (Å²) in [6, 6.07) is 6.74. The highest BCUT2D eigenvalue weighted by molar-refractivity contribution is 6.30. The van der Waals surface area contributed by atoms with Crippen LogP contribution in [-0.2, 0) is 4.74 Å². The van der Waals surface area contributed by atoms with E-state index in [1.54, 1.807) is 24.3 Å². The van der Waals surface area contributed by atoms with Crippen LogP contribution in [0.4, 0.5) is 10.5 Å². The van der Waals surface area contributed by atoms with Crippen LogP contribution in [0.15, 0.2) is 24.3 Å². The Hall–Kier alpha value is -1.22. The van der Waals surface area contributed by atoms with E-state index in [0.717, 1.165) is 0 Å². The molecule has 0 unspecified atom stereocenters. The molecule has 0 saturated heterocycles. The Morgan fingerprint density at radius 1 is 1.58 bits per heavy atom. The summed E-state index contributed by atoms with van der Waals surface area (Å²) in [5, 5.41) is 2.98. The maximum Gasteiger partial charge on any atom is 0.411 e. The quantitative estimate of drug-likeness (QED) is 0.729. The van der Waals surface area contributed by atoms with Crippen LogP contribution in [0.5, 0.6) is 0 Å². The molecule has 0 fully saturated rings. The van der Waals surface area contributed by atoms with Crippen molar-refractivity contribution in [2.45, 2.75) is 0 Å². The normalized spacial score (nSPS) is 9.17. The van der Waals surface area contributed by atoms with Crippen molar-refractivity contribution in [3.8, 4) is 0 Å². The topological polar surface area (TPSA) is 38.3 Å². The Morgan fingerprint density at radius 3 is 2.92 bits per heavy atom. The molecule has 1 N–H and O–H groups in total. The first kappa shape index (κ1) is 8.87. The number of rotatable bonds is 1. The van der Waals surface area contributed by atoms with Crippen LogP contribution in [-0.4, -0.2) is 6.09 Å². The molecular formula is C8H7ClNO2. The van der Waals surface area contributed by atoms with E-state index in [1.165, 1.54) is 0 Å². The molecule has 1 radical (unpaired) electrons. The largest absolute Gasteiger partial charge is 0.446 e. The van der Waals surface area contributed by atoms with Gasteiger partial charge in [-0.2, -0.15) is 0 Å². The fourth-order valence-electron chi connectivity index (χ4n) is 0.720. The second-order valence-electron chi connectivity index (χ2n) is 2.07. The maximum atomic E-state index is 10.7. The van der Waals surface area contributed by atoms with Crippen molar-refractivity contribution in [3.63, 3.8) is 0 Å². The SMILES string of the molecule is [CH2]OC(=O)Nc1cccc(Cl)c1. The Morgan fingerprint density at radius 2 is 2.33 bits per heavy atom. The van der Waals surface area contributed by atoms with Crippen molar-refractivity contribution >= 4 is 23.4 Å². The molecule has 0 aliphatic heterocycles. The van der Waals surface area contributed by atoms with Crippen molar-refractivity contribution in [3.05, 3.63) is 36.4 Å². The molecule has 63 valence electrons. The Kier molecular flexibility index (Phi) is 2.94. The van der Waals surface area contributed by atoms with Gasteiger partial charge in [-0.05, 0) is 18.2 Å². The van der Waals surface area contributed by atoms with Crippen LogP contribution in [0.2, 0.25) is 5.02 Å². The van der Waals surface area contributed by atoms with Gasteiger partial charge < -0.3 is 4.74 Å². The number of hydrogen-bond donors (Lipinski definition) is 1. The molecular weight excluding hydrogens is 178 g/mol. The van der Waals surface area contributed by atoms with Gasteiger partial charge in [0.05, 0.1) is 0 Å². The second-order valence-corrected chi connectivity index (χ2v) is 2.50. The second kappa shape index (κ2) is 3.97. The molecule has 1 amide bonds. The number of carbonyl (C=O) groups is 1. The molecule has 4 heteroatoms. The van der Waals surface area contributed by atoms with E-state index in [2.05, 4.69) is 17.2 Å². The van der Waals surface area contributed by atoms with Crippen LogP contribution in [0.1, 0.15) is 0 Å². The molecule has 0 aliphatic rings. The van der Waals surface area contributed by atoms with Gasteiger partial charge in [0.25, 0.3) is 0 Å². The number of nitrogens with one attached hydrogen (secondary N) is 1. The van der Waals surface area contributed by atoms with E-state index in [4.69, 9.17) is 11.6 Å². The smallest absolute Gasteiger partial charge is 0.411 e. The fraction of sp³-hybridized carbons (Fsp3) is 0. The third kappa shape index (κ3) is 2.43. The van der Waals surface area contributed by atoms with Crippen molar-refractivity contribution in [1.29, 1.82) is 0 Å². The summed E-state index contributed by atoms with van der Waals surface area (Å²) < 4.78 is 4.15. The van der Waals surface area contributed by atoms with Gasteiger partial charge >= 0.3 is 6.09 Å². The Labute approximate surface area is 75.3 Å². The average molecular weight is 185 g/mol. The molecule has 1 aromatic carbocycles. The first-order valence-electron chi connectivity index (χ1n) is 3.21. The lowest BCUT2D eigenvalue weighted by molar-refractivity contribution is 0.199. The minimum atomic E-state index is -0.614. The summed E-state index contributed by atoms with van der Waals surface area (Å²) in [6.45, 7) is 0. The molecule has 0 atom stereocenters. The van der Waals surface area contributed by atoms with E-state index >= 15 is 0 Å². The highest BCUT2D eigenvalue weighted by Gasteiger charge is 1.99. The molecule has 0 bridgehead atoms. The molecule has 0 spiro atoms. The third-order valence-corrected chi connectivity index (χ3v) is 1.44. The number of amides is 1. The van der Waals surface area contributed by atoms with E-state index in [-0.39, 0.29) is 0 Å². The lowest BCUT2D eigenvalue weighted by atomic mass is 10.3. The van der Waals surface area contributed by atoms with Gasteiger partial charge in [0.15, 0.2) is 0 Å². The van der Waals surface area contributed by atoms with E-state index in [0.29, 0.717) is 10.7 Å². The van der Waals surface area contributed by atoms with Gasteiger partial charge in [-0.1, -0.05) is 17.7 Å². The lowest BCUT2D eigenvalue weighted by Gasteiger charge is -2.02. The van der Waals surface area contributed by atoms with Crippen LogP contribution in [0.25, 0.3) is 0 Å². The number of ether oxygens (including phenoxy) is 1. The van der Waals surface area contributed by atoms with Crippen LogP contribution in [0, 0.1) is 7.11 Å². The minimum absolute atomic E-state index is 0.553. The van der Waals surface area contributed by atoms with Crippen LogP contribution >= 0.6 is 11.6 Å². The van der Waals surface area contributed by atoms with E-state index in [1.807, 2.05) is 0 Å². The summed E-state index contributed by atoms with van der Waals surface area (Å²) in [5.41, 5.74) is 0.580. The predicted molar refractivity (Wildman–Crippen MR) is 46.9 cm³/mol. The van der Waals surface area contributed by atoms with Crippen molar-refractivity contribution < 1.29 is 9.53 Å². The molecule has 3 nitrogen and oxygen atoms in total. The van der Waals surface area contributed by atoms with Crippen molar-refractivity contribution in [1.82, 2.24) is 0 Å². The van der Waals surface area contributed by atoms with Gasteiger partial charge in [0, 0.05) is 10.7 Å². The molecule has 12 heavy (non-hydrogen) atoms. The zero-order valence-corrected chi connectivity index (χ0v) is 6.97. The van der Waals surface area contributed by atoms with E-state index < -0.39 is 6.09 Å². The molecule has 0 heterocycles. The maximum absolute atomic E-state index is 10.7. The Balaban J connectivity index is 2.69. The number of halogens is 1. The molecule has 1 aromatic rings. The summed E-state index contributed by atoms with van der Waals surface area (Å²) in [7, 11) is 2.96. The summed E-state index contributed by atoms with van der Waals surface area (Å²) in [6.07, 6.45) is -0.614. The minimum Gasteiger partial charge on any atom is -0.446 e. The monoisotopic (exact) mass is 184 g/mol. The van der Waals surface area contributed by atoms with Gasteiger partial charge in [0.1, 0.15) is 7.11 Å². The van der Waals surface area contributed by atoms with Crippen molar-refractivity contribution in [2.75, 3.05) is 5.32 Å². The fourth-order valence-corrected chi connectivity index (χ4v) is 0.910. The highest BCUT2D eigenvalue weighted by Crippen LogP contribution is 2.14. The number of benzene rings is 1. The standard InChI is InChI=1S/C8H7ClNO2/c1-12-8(11)10-7-4-2-3-6(9)5-7/h2-5H,1H2,(H,10,11). The number of anilines is 1. The number of carbonyl (C=O) groups excluding carboxylic acids is 1. The van der Waals surface area contributed by atoms with Crippen LogP contribution < -0.4 is 5.32 Å². The molecule has 0 saturated carbocycles. The third-order valence-electron chi connectivity index (χ3n) is 1.20. The van der Waals surface area contributed by atoms with Crippen LogP contribution in [0.3, 0.4) is 0 Å². The molecule has 0 aliphatic carbocycles. The first-order chi connectivity index (χ1) is 5.72. The van der Waals surface area contributed by atoms with Crippen molar-refractivity contribution in [2.24, 2.45) is 0 Å². The first-order valence-corrected chi connectivity index (χ1v) is 3.59. The number of hydrogen-bond acceptors (Lipinski definition) is 2. The zero-order chi connectivity index (χ0) is 8.97. The average Bonchev–Trinajstić information content (AvgIpc) is 2.04. The zero-order valence-electron chi connectivity index (χ0n) is 6.21. The van der Waals surface area contributed by atoms with Gasteiger partial charge in [-0.3, -0.25) is 5.32 Å². The lowest BCUT2D eigenvalue weighted by Crippen LogP contribution is -2.09. The Bertz CT molecular complexity index is 288. The van der Waals surface area contributed by atoms with Gasteiger partial charge in [0.2, 0.25) is 0 Å². The van der Waals surface area contributed by atoms with E-state index in [9.17, 15) is 4.79 Å². The summed E-state index contributed by atoms with van der Waals surface area (Å²) in [4.78, 5) is 10.7. The predicted octanol–water partition coefficient (Wildman–Crippen LogP) is 2.68. The highest BCUT2D eigenvalue weighted by atomic mass is 35.5. The van der Waals surface area contributed by atoms with Gasteiger partial charge in [-0.25, -0.2) is 4.79 Å². The summed E-state index contributed by atoms with van der Waals surface area (Å²) >= 11 is 5.66.